The van der Waals surface area contributed by atoms with Crippen molar-refractivity contribution in [3.63, 3.8) is 0 Å². The number of carbonyl (C=O) groups is 1. The Morgan fingerprint density at radius 2 is 1.81 bits per heavy atom. The highest BCUT2D eigenvalue weighted by atomic mass is 19.1. The number of rotatable bonds is 5. The van der Waals surface area contributed by atoms with E-state index < -0.39 is 11.6 Å². The van der Waals surface area contributed by atoms with E-state index in [4.69, 9.17) is 0 Å². The molecule has 0 saturated carbocycles. The maximum Gasteiger partial charge on any atom is 0.258 e. The molecule has 3 nitrogen and oxygen atoms in total. The van der Waals surface area contributed by atoms with E-state index in [0.717, 1.165) is 31.3 Å². The van der Waals surface area contributed by atoms with Crippen LogP contribution in [0.25, 0.3) is 0 Å². The van der Waals surface area contributed by atoms with Crippen LogP contribution in [0.1, 0.15) is 41.8 Å². The summed E-state index contributed by atoms with van der Waals surface area (Å²) in [6.07, 6.45) is 1.19. The van der Waals surface area contributed by atoms with Crippen LogP contribution in [0.4, 0.5) is 14.5 Å². The molecule has 3 rings (SSSR count). The van der Waals surface area contributed by atoms with Gasteiger partial charge in [0.25, 0.3) is 5.91 Å². The van der Waals surface area contributed by atoms with Gasteiger partial charge in [-0.3, -0.25) is 9.69 Å². The highest BCUT2D eigenvalue weighted by Crippen LogP contribution is 2.31. The van der Waals surface area contributed by atoms with Crippen LogP contribution in [-0.2, 0) is 13.0 Å². The van der Waals surface area contributed by atoms with Crippen molar-refractivity contribution >= 4 is 11.6 Å². The molecule has 0 fully saturated rings. The van der Waals surface area contributed by atoms with Crippen molar-refractivity contribution in [2.24, 2.45) is 0 Å². The number of hydrogen-bond acceptors (Lipinski definition) is 2. The Labute approximate surface area is 153 Å². The van der Waals surface area contributed by atoms with Crippen molar-refractivity contribution in [2.75, 3.05) is 24.5 Å². The molecule has 1 heterocycles. The van der Waals surface area contributed by atoms with Crippen LogP contribution >= 0.6 is 0 Å². The Kier molecular flexibility index (Phi) is 5.67. The Balaban J connectivity index is 1.83. The molecule has 2 aromatic carbocycles. The molecular formula is C21H24F2N2O. The van der Waals surface area contributed by atoms with E-state index in [0.29, 0.717) is 36.2 Å². The molecule has 5 heteroatoms. The first kappa shape index (κ1) is 18.5. The standard InChI is InChI=1S/C21H24F2N2O/c1-3-24(4-2)14-15-7-9-16(10-8-15)21(26)25-11-5-6-18-19(23)12-17(22)13-20(18)25/h7-10,12-13H,3-6,11,14H2,1-2H3. The van der Waals surface area contributed by atoms with E-state index in [1.54, 1.807) is 12.1 Å². The van der Waals surface area contributed by atoms with Crippen LogP contribution in [-0.4, -0.2) is 30.4 Å². The topological polar surface area (TPSA) is 23.6 Å². The van der Waals surface area contributed by atoms with Crippen molar-refractivity contribution in [3.8, 4) is 0 Å². The number of halogens is 2. The maximum atomic E-state index is 14.0. The third kappa shape index (κ3) is 3.78. The highest BCUT2D eigenvalue weighted by molar-refractivity contribution is 6.06. The fourth-order valence-corrected chi connectivity index (χ4v) is 3.44. The molecule has 138 valence electrons. The Bertz CT molecular complexity index is 785. The predicted octanol–water partition coefficient (Wildman–Crippen LogP) is 4.40. The van der Waals surface area contributed by atoms with Gasteiger partial charge in [-0.2, -0.15) is 0 Å². The van der Waals surface area contributed by atoms with Crippen LogP contribution in [0, 0.1) is 11.6 Å². The number of nitrogens with zero attached hydrogens (tertiary/aromatic N) is 2. The van der Waals surface area contributed by atoms with E-state index in [9.17, 15) is 13.6 Å². The summed E-state index contributed by atoms with van der Waals surface area (Å²) in [5.74, 6) is -1.45. The minimum Gasteiger partial charge on any atom is -0.308 e. The Morgan fingerprint density at radius 3 is 2.46 bits per heavy atom. The number of benzene rings is 2. The number of amides is 1. The van der Waals surface area contributed by atoms with Gasteiger partial charge in [0, 0.05) is 30.3 Å². The first-order valence-electron chi connectivity index (χ1n) is 9.14. The van der Waals surface area contributed by atoms with Crippen LogP contribution < -0.4 is 4.90 Å². The first-order chi connectivity index (χ1) is 12.5. The van der Waals surface area contributed by atoms with Crippen LogP contribution in [0.3, 0.4) is 0 Å². The normalized spacial score (nSPS) is 13.8. The second-order valence-electron chi connectivity index (χ2n) is 6.60. The van der Waals surface area contributed by atoms with Crippen LogP contribution in [0.5, 0.6) is 0 Å². The summed E-state index contributed by atoms with van der Waals surface area (Å²) in [4.78, 5) is 16.7. The van der Waals surface area contributed by atoms with Gasteiger partial charge in [0.1, 0.15) is 11.6 Å². The zero-order valence-electron chi connectivity index (χ0n) is 15.3. The zero-order chi connectivity index (χ0) is 18.7. The quantitative estimate of drug-likeness (QED) is 0.791. The van der Waals surface area contributed by atoms with Crippen molar-refractivity contribution < 1.29 is 13.6 Å². The predicted molar refractivity (Wildman–Crippen MR) is 99.4 cm³/mol. The summed E-state index contributed by atoms with van der Waals surface area (Å²) in [5, 5.41) is 0. The molecule has 0 atom stereocenters. The van der Waals surface area contributed by atoms with Gasteiger partial charge < -0.3 is 4.90 Å². The molecule has 0 aliphatic carbocycles. The molecule has 1 aliphatic heterocycles. The third-order valence-electron chi connectivity index (χ3n) is 4.98. The molecular weight excluding hydrogens is 334 g/mol. The summed E-state index contributed by atoms with van der Waals surface area (Å²) in [6, 6.07) is 9.63. The SMILES string of the molecule is CCN(CC)Cc1ccc(C(=O)N2CCCc3c(F)cc(F)cc32)cc1. The van der Waals surface area contributed by atoms with Gasteiger partial charge in [-0.25, -0.2) is 8.78 Å². The molecule has 0 N–H and O–H groups in total. The number of anilines is 1. The molecule has 0 radical (unpaired) electrons. The number of hydrogen-bond donors (Lipinski definition) is 0. The summed E-state index contributed by atoms with van der Waals surface area (Å²) < 4.78 is 27.7. The summed E-state index contributed by atoms with van der Waals surface area (Å²) in [5.41, 5.74) is 2.45. The first-order valence-corrected chi connectivity index (χ1v) is 9.14. The number of carbonyl (C=O) groups excluding carboxylic acids is 1. The lowest BCUT2D eigenvalue weighted by Crippen LogP contribution is -2.36. The molecule has 0 saturated heterocycles. The van der Waals surface area contributed by atoms with Gasteiger partial charge in [-0.1, -0.05) is 26.0 Å². The number of fused-ring (bicyclic) bond motifs is 1. The molecule has 1 aliphatic rings. The average Bonchev–Trinajstić information content (AvgIpc) is 2.65. The largest absolute Gasteiger partial charge is 0.308 e. The third-order valence-corrected chi connectivity index (χ3v) is 4.98. The second-order valence-corrected chi connectivity index (χ2v) is 6.60. The minimum atomic E-state index is -0.657. The zero-order valence-corrected chi connectivity index (χ0v) is 15.3. The van der Waals surface area contributed by atoms with E-state index in [1.165, 1.54) is 11.0 Å². The van der Waals surface area contributed by atoms with Gasteiger partial charge in [-0.15, -0.1) is 0 Å². The van der Waals surface area contributed by atoms with Crippen LogP contribution in [0.2, 0.25) is 0 Å². The molecule has 0 bridgehead atoms. The fraction of sp³-hybridized carbons (Fsp3) is 0.381. The minimum absolute atomic E-state index is 0.217. The van der Waals surface area contributed by atoms with Crippen molar-refractivity contribution in [3.05, 3.63) is 64.7 Å². The maximum absolute atomic E-state index is 14.0. The molecule has 26 heavy (non-hydrogen) atoms. The summed E-state index contributed by atoms with van der Waals surface area (Å²) in [7, 11) is 0. The Hall–Kier alpha value is -2.27. The van der Waals surface area contributed by atoms with Gasteiger partial charge in [-0.05, 0) is 49.7 Å². The lowest BCUT2D eigenvalue weighted by atomic mass is 9.99. The van der Waals surface area contributed by atoms with Gasteiger partial charge in [0.05, 0.1) is 5.69 Å². The smallest absolute Gasteiger partial charge is 0.258 e. The van der Waals surface area contributed by atoms with Crippen molar-refractivity contribution in [2.45, 2.75) is 33.2 Å². The lowest BCUT2D eigenvalue weighted by molar-refractivity contribution is 0.0985. The fourth-order valence-electron chi connectivity index (χ4n) is 3.44. The summed E-state index contributed by atoms with van der Waals surface area (Å²) >= 11 is 0. The van der Waals surface area contributed by atoms with Crippen LogP contribution in [0.15, 0.2) is 36.4 Å². The molecule has 0 aromatic heterocycles. The van der Waals surface area contributed by atoms with Gasteiger partial charge >= 0.3 is 0 Å². The van der Waals surface area contributed by atoms with Gasteiger partial charge in [0.15, 0.2) is 0 Å². The second kappa shape index (κ2) is 7.96. The summed E-state index contributed by atoms with van der Waals surface area (Å²) in [6.45, 7) is 7.49. The Morgan fingerprint density at radius 1 is 1.12 bits per heavy atom. The monoisotopic (exact) mass is 358 g/mol. The average molecular weight is 358 g/mol. The van der Waals surface area contributed by atoms with Crippen molar-refractivity contribution in [1.82, 2.24) is 4.90 Å². The van der Waals surface area contributed by atoms with Gasteiger partial charge in [0.2, 0.25) is 0 Å². The molecule has 0 spiro atoms. The molecule has 2 aromatic rings. The highest BCUT2D eigenvalue weighted by Gasteiger charge is 2.26. The molecule has 1 amide bonds. The molecule has 0 unspecified atom stereocenters. The van der Waals surface area contributed by atoms with E-state index >= 15 is 0 Å². The van der Waals surface area contributed by atoms with E-state index in [2.05, 4.69) is 18.7 Å². The van der Waals surface area contributed by atoms with Crippen molar-refractivity contribution in [1.29, 1.82) is 0 Å². The van der Waals surface area contributed by atoms with E-state index in [-0.39, 0.29) is 5.91 Å². The lowest BCUT2D eigenvalue weighted by Gasteiger charge is -2.30. The van der Waals surface area contributed by atoms with E-state index in [1.807, 2.05) is 12.1 Å².